The molecule has 0 aliphatic heterocycles. The van der Waals surface area contributed by atoms with Crippen molar-refractivity contribution in [2.75, 3.05) is 5.32 Å². The predicted molar refractivity (Wildman–Crippen MR) is 80.1 cm³/mol. The number of nitrogens with two attached hydrogens (primary N) is 1. The third kappa shape index (κ3) is 3.78. The molecule has 1 aromatic heterocycles. The van der Waals surface area contributed by atoms with E-state index >= 15 is 0 Å². The Bertz CT molecular complexity index is 587. The Morgan fingerprint density at radius 1 is 1.15 bits per heavy atom. The van der Waals surface area contributed by atoms with Crippen molar-refractivity contribution in [2.24, 2.45) is 5.73 Å². The number of aromatic nitrogens is 2. The van der Waals surface area contributed by atoms with E-state index in [-0.39, 0.29) is 6.04 Å². The summed E-state index contributed by atoms with van der Waals surface area (Å²) in [5.41, 5.74) is 8.94. The first-order valence-electron chi connectivity index (χ1n) is 6.58. The van der Waals surface area contributed by atoms with E-state index in [1.54, 1.807) is 0 Å². The fraction of sp³-hybridized carbons (Fsp3) is 0.267. The third-order valence-electron chi connectivity index (χ3n) is 2.90. The lowest BCUT2D eigenvalue weighted by Gasteiger charge is -2.06. The average Bonchev–Trinajstić information content (AvgIpc) is 2.38. The first-order chi connectivity index (χ1) is 9.54. The molecule has 5 nitrogen and oxygen atoms in total. The molecule has 0 spiro atoms. The van der Waals surface area contributed by atoms with Crippen LogP contribution in [-0.2, 0) is 0 Å². The van der Waals surface area contributed by atoms with Crippen LogP contribution in [-0.4, -0.2) is 15.9 Å². The monoisotopic (exact) mass is 270 g/mol. The minimum absolute atomic E-state index is 0.106. The van der Waals surface area contributed by atoms with Gasteiger partial charge in [0.2, 0.25) is 0 Å². The van der Waals surface area contributed by atoms with Crippen molar-refractivity contribution in [3.05, 3.63) is 53.3 Å². The van der Waals surface area contributed by atoms with Crippen LogP contribution in [0, 0.1) is 13.8 Å². The van der Waals surface area contributed by atoms with Gasteiger partial charge in [0.1, 0.15) is 0 Å². The van der Waals surface area contributed by atoms with E-state index in [2.05, 4.69) is 32.4 Å². The fourth-order valence-electron chi connectivity index (χ4n) is 2.00. The molecule has 20 heavy (non-hydrogen) atoms. The summed E-state index contributed by atoms with van der Waals surface area (Å²) in [4.78, 5) is 11.8. The second-order valence-electron chi connectivity index (χ2n) is 4.79. The van der Waals surface area contributed by atoms with Gasteiger partial charge in [-0.3, -0.25) is 10.7 Å². The zero-order valence-electron chi connectivity index (χ0n) is 12.0. The number of rotatable bonds is 3. The summed E-state index contributed by atoms with van der Waals surface area (Å²) < 4.78 is 0. The minimum Gasteiger partial charge on any atom is -0.290 e. The molecule has 0 saturated heterocycles. The molecule has 4 N–H and O–H groups in total. The van der Waals surface area contributed by atoms with E-state index in [1.165, 1.54) is 5.56 Å². The van der Waals surface area contributed by atoms with E-state index in [0.717, 1.165) is 11.4 Å². The van der Waals surface area contributed by atoms with Crippen molar-refractivity contribution in [2.45, 2.75) is 26.8 Å². The third-order valence-corrected chi connectivity index (χ3v) is 2.90. The zero-order valence-corrected chi connectivity index (χ0v) is 12.0. The summed E-state index contributed by atoms with van der Waals surface area (Å²) in [6.07, 6.45) is 0. The summed E-state index contributed by atoms with van der Waals surface area (Å²) >= 11 is 0. The van der Waals surface area contributed by atoms with Crippen LogP contribution >= 0.6 is 0 Å². The smallest absolute Gasteiger partial charge is 0.290 e. The highest BCUT2D eigenvalue weighted by atomic mass is 15.2. The molecule has 1 aromatic carbocycles. The van der Waals surface area contributed by atoms with Crippen LogP contribution in [0.5, 0.6) is 0 Å². The van der Waals surface area contributed by atoms with Crippen molar-refractivity contribution in [3.63, 3.8) is 0 Å². The van der Waals surface area contributed by atoms with Gasteiger partial charge in [0.15, 0.2) is 0 Å². The number of nitrogens with zero attached hydrogens (tertiary/aromatic N) is 2. The second kappa shape index (κ2) is 6.14. The molecule has 0 bridgehead atoms. The van der Waals surface area contributed by atoms with E-state index in [1.807, 2.05) is 45.0 Å². The van der Waals surface area contributed by atoms with E-state index in [4.69, 9.17) is 5.73 Å². The van der Waals surface area contributed by atoms with E-state index in [0.29, 0.717) is 11.9 Å². The summed E-state index contributed by atoms with van der Waals surface area (Å²) in [7, 11) is 0. The SMILES string of the molecule is Cc1cc(C)nc(NC(N)=[NH+]C(C)c2ccccc2)n1. The standard InChI is InChI=1S/C15H19N5/c1-10-9-11(2)18-15(17-10)20-14(16)19-12(3)13-7-5-4-6-8-13/h4-9,12H,1-3H3,(H3,16,17,18,19,20)/p+1. The Labute approximate surface area is 119 Å². The van der Waals surface area contributed by atoms with Crippen molar-refractivity contribution in [3.8, 4) is 0 Å². The van der Waals surface area contributed by atoms with Gasteiger partial charge in [-0.05, 0) is 32.4 Å². The first kappa shape index (κ1) is 14.0. The average molecular weight is 270 g/mol. The van der Waals surface area contributed by atoms with Gasteiger partial charge in [0.05, 0.1) is 6.04 Å². The quantitative estimate of drug-likeness (QED) is 0.565. The van der Waals surface area contributed by atoms with Crippen molar-refractivity contribution >= 4 is 11.9 Å². The molecule has 0 radical (unpaired) electrons. The largest absolute Gasteiger partial charge is 0.349 e. The normalized spacial score (nSPS) is 13.1. The first-order valence-corrected chi connectivity index (χ1v) is 6.58. The molecule has 0 aliphatic carbocycles. The molecule has 0 amide bonds. The molecule has 1 atom stereocenters. The van der Waals surface area contributed by atoms with Gasteiger partial charge < -0.3 is 0 Å². The number of hydrogen-bond donors (Lipinski definition) is 3. The van der Waals surface area contributed by atoms with Gasteiger partial charge in [0, 0.05) is 11.4 Å². The Morgan fingerprint density at radius 2 is 1.75 bits per heavy atom. The zero-order chi connectivity index (χ0) is 14.5. The van der Waals surface area contributed by atoms with Gasteiger partial charge in [-0.25, -0.2) is 15.3 Å². The van der Waals surface area contributed by atoms with Crippen LogP contribution in [0.15, 0.2) is 36.4 Å². The molecule has 0 fully saturated rings. The molecule has 0 saturated carbocycles. The molecule has 104 valence electrons. The predicted octanol–water partition coefficient (Wildman–Crippen LogP) is 0.662. The number of anilines is 1. The van der Waals surface area contributed by atoms with Crippen LogP contribution in [0.25, 0.3) is 0 Å². The topological polar surface area (TPSA) is 77.8 Å². The van der Waals surface area contributed by atoms with Crippen LogP contribution in [0.4, 0.5) is 5.95 Å². The molecule has 2 rings (SSSR count). The Morgan fingerprint density at radius 3 is 2.35 bits per heavy atom. The number of aryl methyl sites for hydroxylation is 2. The van der Waals surface area contributed by atoms with Gasteiger partial charge in [-0.15, -0.1) is 0 Å². The summed E-state index contributed by atoms with van der Waals surface area (Å²) in [5.74, 6) is 0.944. The minimum atomic E-state index is 0.106. The molecular weight excluding hydrogens is 250 g/mol. The molecule has 0 aliphatic rings. The van der Waals surface area contributed by atoms with Crippen LogP contribution in [0.3, 0.4) is 0 Å². The summed E-state index contributed by atoms with van der Waals surface area (Å²) in [6.45, 7) is 5.90. The number of hydrogen-bond acceptors (Lipinski definition) is 2. The van der Waals surface area contributed by atoms with E-state index in [9.17, 15) is 0 Å². The lowest BCUT2D eigenvalue weighted by molar-refractivity contribution is -0.506. The van der Waals surface area contributed by atoms with Crippen molar-refractivity contribution in [1.29, 1.82) is 0 Å². The summed E-state index contributed by atoms with van der Waals surface area (Å²) in [6, 6.07) is 12.1. The van der Waals surface area contributed by atoms with Gasteiger partial charge in [0.25, 0.3) is 5.95 Å². The van der Waals surface area contributed by atoms with Crippen molar-refractivity contribution < 1.29 is 4.99 Å². The van der Waals surface area contributed by atoms with Crippen LogP contribution < -0.4 is 16.0 Å². The van der Waals surface area contributed by atoms with Crippen molar-refractivity contribution in [1.82, 2.24) is 9.97 Å². The lowest BCUT2D eigenvalue weighted by Crippen LogP contribution is -2.77. The van der Waals surface area contributed by atoms with Gasteiger partial charge >= 0.3 is 5.96 Å². The molecular formula is C15H20N5+. The maximum absolute atomic E-state index is 5.96. The highest BCUT2D eigenvalue weighted by Crippen LogP contribution is 2.06. The Kier molecular flexibility index (Phi) is 4.30. The van der Waals surface area contributed by atoms with Crippen LogP contribution in [0.2, 0.25) is 0 Å². The number of nitrogens with one attached hydrogen (secondary N) is 2. The van der Waals surface area contributed by atoms with E-state index < -0.39 is 0 Å². The number of benzene rings is 1. The highest BCUT2D eigenvalue weighted by molar-refractivity contribution is 5.85. The molecule has 1 unspecified atom stereocenters. The number of guanidine groups is 1. The fourth-order valence-corrected chi connectivity index (χ4v) is 2.00. The van der Waals surface area contributed by atoms with Crippen LogP contribution in [0.1, 0.15) is 29.9 Å². The molecule has 1 heterocycles. The second-order valence-corrected chi connectivity index (χ2v) is 4.79. The highest BCUT2D eigenvalue weighted by Gasteiger charge is 2.09. The molecule has 2 aromatic rings. The van der Waals surface area contributed by atoms with Gasteiger partial charge in [-0.1, -0.05) is 30.3 Å². The lowest BCUT2D eigenvalue weighted by atomic mass is 10.1. The maximum atomic E-state index is 5.96. The van der Waals surface area contributed by atoms with Gasteiger partial charge in [-0.2, -0.15) is 0 Å². The summed E-state index contributed by atoms with van der Waals surface area (Å²) in [5, 5.41) is 2.99. The Balaban J connectivity index is 2.11. The Hall–Kier alpha value is -2.43. The molecule has 5 heteroatoms. The maximum Gasteiger partial charge on any atom is 0.349 e.